The third kappa shape index (κ3) is 4.41. The van der Waals surface area contributed by atoms with Crippen LogP contribution in [0.2, 0.25) is 0 Å². The molecule has 1 aromatic rings. The minimum atomic E-state index is -0.809. The number of hydrogen-bond acceptors (Lipinski definition) is 5. The van der Waals surface area contributed by atoms with Crippen molar-refractivity contribution in [2.75, 3.05) is 18.0 Å². The molecule has 0 amide bonds. The number of carboxylic acids is 1. The first-order valence-corrected chi connectivity index (χ1v) is 6.33. The largest absolute Gasteiger partial charge is 0.481 e. The molecular formula is C11H15N3O2S. The number of nitriles is 1. The van der Waals surface area contributed by atoms with Crippen molar-refractivity contribution in [1.29, 1.82) is 5.26 Å². The second kappa shape index (κ2) is 6.86. The Morgan fingerprint density at radius 2 is 2.47 bits per heavy atom. The SMILES string of the molecule is CCN(CCC#N)c1nc(CCC(=O)O)cs1. The predicted octanol–water partition coefficient (Wildman–Crippen LogP) is 1.90. The lowest BCUT2D eigenvalue weighted by atomic mass is 10.2. The van der Waals surface area contributed by atoms with Gasteiger partial charge in [0.25, 0.3) is 0 Å². The fraction of sp³-hybridized carbons (Fsp3) is 0.545. The first kappa shape index (κ1) is 13.5. The molecule has 0 fully saturated rings. The van der Waals surface area contributed by atoms with Crippen LogP contribution in [0.4, 0.5) is 5.13 Å². The highest BCUT2D eigenvalue weighted by Gasteiger charge is 2.09. The lowest BCUT2D eigenvalue weighted by Crippen LogP contribution is -2.23. The molecule has 1 aromatic heterocycles. The average Bonchev–Trinajstić information content (AvgIpc) is 2.76. The fourth-order valence-electron chi connectivity index (χ4n) is 1.37. The van der Waals surface area contributed by atoms with Crippen LogP contribution in [0.25, 0.3) is 0 Å². The molecular weight excluding hydrogens is 238 g/mol. The van der Waals surface area contributed by atoms with Gasteiger partial charge >= 0.3 is 5.97 Å². The van der Waals surface area contributed by atoms with E-state index in [1.807, 2.05) is 17.2 Å². The van der Waals surface area contributed by atoms with Gasteiger partial charge in [-0.1, -0.05) is 0 Å². The molecule has 0 bridgehead atoms. The highest BCUT2D eigenvalue weighted by molar-refractivity contribution is 7.13. The fourth-order valence-corrected chi connectivity index (χ4v) is 2.32. The van der Waals surface area contributed by atoms with Gasteiger partial charge in [0.15, 0.2) is 5.13 Å². The molecule has 0 aromatic carbocycles. The molecule has 1 heterocycles. The van der Waals surface area contributed by atoms with Crippen molar-refractivity contribution in [3.63, 3.8) is 0 Å². The van der Waals surface area contributed by atoms with Gasteiger partial charge in [0.2, 0.25) is 0 Å². The lowest BCUT2D eigenvalue weighted by molar-refractivity contribution is -0.136. The summed E-state index contributed by atoms with van der Waals surface area (Å²) in [7, 11) is 0. The molecule has 5 nitrogen and oxygen atoms in total. The number of thiazole rings is 1. The minimum Gasteiger partial charge on any atom is -0.481 e. The normalized spacial score (nSPS) is 9.88. The zero-order chi connectivity index (χ0) is 12.7. The number of carboxylic acid groups (broad SMARTS) is 1. The second-order valence-corrected chi connectivity index (χ2v) is 4.34. The van der Waals surface area contributed by atoms with E-state index in [0.29, 0.717) is 19.4 Å². The quantitative estimate of drug-likeness (QED) is 0.803. The molecule has 92 valence electrons. The Morgan fingerprint density at radius 3 is 3.06 bits per heavy atom. The summed E-state index contributed by atoms with van der Waals surface area (Å²) in [5, 5.41) is 19.9. The van der Waals surface area contributed by atoms with Crippen molar-refractivity contribution in [1.82, 2.24) is 4.98 Å². The van der Waals surface area contributed by atoms with Crippen LogP contribution in [-0.4, -0.2) is 29.1 Å². The number of nitrogens with zero attached hydrogens (tertiary/aromatic N) is 3. The van der Waals surface area contributed by atoms with E-state index in [1.165, 1.54) is 11.3 Å². The summed E-state index contributed by atoms with van der Waals surface area (Å²) in [5.74, 6) is -0.809. The van der Waals surface area contributed by atoms with Gasteiger partial charge < -0.3 is 10.0 Å². The van der Waals surface area contributed by atoms with E-state index in [9.17, 15) is 4.79 Å². The highest BCUT2D eigenvalue weighted by Crippen LogP contribution is 2.21. The molecule has 0 saturated heterocycles. The topological polar surface area (TPSA) is 77.2 Å². The van der Waals surface area contributed by atoms with E-state index < -0.39 is 5.97 Å². The zero-order valence-electron chi connectivity index (χ0n) is 9.72. The number of aromatic nitrogens is 1. The second-order valence-electron chi connectivity index (χ2n) is 3.50. The Bertz CT molecular complexity index is 411. The van der Waals surface area contributed by atoms with Crippen molar-refractivity contribution in [2.24, 2.45) is 0 Å². The van der Waals surface area contributed by atoms with Crippen LogP contribution in [0.15, 0.2) is 5.38 Å². The van der Waals surface area contributed by atoms with Crippen LogP contribution < -0.4 is 4.90 Å². The Kier molecular flexibility index (Phi) is 5.43. The summed E-state index contributed by atoms with van der Waals surface area (Å²) in [4.78, 5) is 16.8. The van der Waals surface area contributed by atoms with Crippen LogP contribution in [0, 0.1) is 11.3 Å². The third-order valence-electron chi connectivity index (χ3n) is 2.28. The third-order valence-corrected chi connectivity index (χ3v) is 3.23. The molecule has 0 unspecified atom stereocenters. The van der Waals surface area contributed by atoms with Gasteiger partial charge in [-0.05, 0) is 6.92 Å². The molecule has 1 rings (SSSR count). The summed E-state index contributed by atoms with van der Waals surface area (Å²) in [6.45, 7) is 3.47. The van der Waals surface area contributed by atoms with E-state index in [-0.39, 0.29) is 6.42 Å². The molecule has 1 N–H and O–H groups in total. The van der Waals surface area contributed by atoms with Crippen LogP contribution in [0.1, 0.15) is 25.5 Å². The zero-order valence-corrected chi connectivity index (χ0v) is 10.5. The molecule has 0 radical (unpaired) electrons. The Labute approximate surface area is 104 Å². The molecule has 0 spiro atoms. The standard InChI is InChI=1S/C11H15N3O2S/c1-2-14(7-3-6-12)11-13-9(8-17-11)4-5-10(15)16/h8H,2-5,7H2,1H3,(H,15,16). The minimum absolute atomic E-state index is 0.105. The van der Waals surface area contributed by atoms with E-state index in [1.54, 1.807) is 0 Å². The van der Waals surface area contributed by atoms with E-state index in [4.69, 9.17) is 10.4 Å². The molecule has 0 atom stereocenters. The number of anilines is 1. The van der Waals surface area contributed by atoms with Gasteiger partial charge in [0.05, 0.1) is 24.6 Å². The van der Waals surface area contributed by atoms with Gasteiger partial charge in [0, 0.05) is 24.9 Å². The number of aryl methyl sites for hydroxylation is 1. The van der Waals surface area contributed by atoms with Crippen LogP contribution in [0.3, 0.4) is 0 Å². The van der Waals surface area contributed by atoms with Gasteiger partial charge in [-0.25, -0.2) is 4.98 Å². The lowest BCUT2D eigenvalue weighted by Gasteiger charge is -2.17. The van der Waals surface area contributed by atoms with Gasteiger partial charge in [-0.15, -0.1) is 11.3 Å². The van der Waals surface area contributed by atoms with Crippen molar-refractivity contribution in [3.05, 3.63) is 11.1 Å². The van der Waals surface area contributed by atoms with Crippen LogP contribution in [0.5, 0.6) is 0 Å². The first-order chi connectivity index (χ1) is 8.17. The predicted molar refractivity (Wildman–Crippen MR) is 66.2 cm³/mol. The molecule has 0 saturated carbocycles. The molecule has 6 heteroatoms. The van der Waals surface area contributed by atoms with Crippen molar-refractivity contribution >= 4 is 22.4 Å². The summed E-state index contributed by atoms with van der Waals surface area (Å²) < 4.78 is 0. The van der Waals surface area contributed by atoms with E-state index >= 15 is 0 Å². The van der Waals surface area contributed by atoms with Crippen molar-refractivity contribution in [3.8, 4) is 6.07 Å². The Morgan fingerprint density at radius 1 is 1.71 bits per heavy atom. The number of hydrogen-bond donors (Lipinski definition) is 1. The molecule has 0 aliphatic carbocycles. The van der Waals surface area contributed by atoms with E-state index in [0.717, 1.165) is 17.4 Å². The Balaban J connectivity index is 2.58. The summed E-state index contributed by atoms with van der Waals surface area (Å²) >= 11 is 1.50. The molecule has 0 aliphatic heterocycles. The van der Waals surface area contributed by atoms with Gasteiger partial charge in [-0.3, -0.25) is 4.79 Å². The van der Waals surface area contributed by atoms with Crippen molar-refractivity contribution in [2.45, 2.75) is 26.2 Å². The smallest absolute Gasteiger partial charge is 0.303 e. The van der Waals surface area contributed by atoms with Crippen LogP contribution in [-0.2, 0) is 11.2 Å². The highest BCUT2D eigenvalue weighted by atomic mass is 32.1. The van der Waals surface area contributed by atoms with Crippen LogP contribution >= 0.6 is 11.3 Å². The average molecular weight is 253 g/mol. The maximum atomic E-state index is 10.4. The molecule has 0 aliphatic rings. The monoisotopic (exact) mass is 253 g/mol. The maximum Gasteiger partial charge on any atom is 0.303 e. The maximum absolute atomic E-state index is 10.4. The summed E-state index contributed by atoms with van der Waals surface area (Å²) in [6, 6.07) is 2.11. The first-order valence-electron chi connectivity index (χ1n) is 5.45. The number of rotatable bonds is 7. The van der Waals surface area contributed by atoms with Crippen molar-refractivity contribution < 1.29 is 9.90 Å². The number of aliphatic carboxylic acids is 1. The number of carbonyl (C=O) groups is 1. The Hall–Kier alpha value is -1.61. The molecule has 17 heavy (non-hydrogen) atoms. The van der Waals surface area contributed by atoms with Gasteiger partial charge in [0.1, 0.15) is 0 Å². The van der Waals surface area contributed by atoms with E-state index in [2.05, 4.69) is 11.1 Å². The summed E-state index contributed by atoms with van der Waals surface area (Å²) in [6.07, 6.45) is 1.03. The summed E-state index contributed by atoms with van der Waals surface area (Å²) in [5.41, 5.74) is 0.808. The van der Waals surface area contributed by atoms with Gasteiger partial charge in [-0.2, -0.15) is 5.26 Å².